The summed E-state index contributed by atoms with van der Waals surface area (Å²) in [5.41, 5.74) is 5.57. The Kier molecular flexibility index (Phi) is 19.6. The van der Waals surface area contributed by atoms with Crippen molar-refractivity contribution >= 4 is 56.0 Å². The van der Waals surface area contributed by atoms with Crippen molar-refractivity contribution in [3.8, 4) is 11.5 Å². The Morgan fingerprint density at radius 1 is 0.449 bits per heavy atom. The molecule has 8 rings (SSSR count). The summed E-state index contributed by atoms with van der Waals surface area (Å²) in [6.07, 6.45) is 0. The van der Waals surface area contributed by atoms with E-state index in [0.29, 0.717) is 35.8 Å². The maximum atomic E-state index is 12.9. The first-order chi connectivity index (χ1) is 32.9. The molecule has 0 radical (unpaired) electrons. The minimum atomic E-state index is -4.25. The zero-order valence-corrected chi connectivity index (χ0v) is 38.3. The van der Waals surface area contributed by atoms with Crippen LogP contribution in [0.25, 0.3) is 0 Å². The Labute approximate surface area is 407 Å². The van der Waals surface area contributed by atoms with E-state index < -0.39 is 27.1 Å². The van der Waals surface area contributed by atoms with Crippen LogP contribution in [-0.4, -0.2) is 31.4 Å². The number of amides is 3. The Morgan fingerprint density at radius 2 is 0.841 bits per heavy atom. The third-order valence-electron chi connectivity index (χ3n) is 9.77. The molecule has 0 heterocycles. The lowest BCUT2D eigenvalue weighted by molar-refractivity contribution is 0.0978. The number of hydrogen-bond donors (Lipinski definition) is 3. The second kappa shape index (κ2) is 26.1. The zero-order valence-electron chi connectivity index (χ0n) is 36.8. The van der Waals surface area contributed by atoms with Crippen molar-refractivity contribution in [3.05, 3.63) is 257 Å². The van der Waals surface area contributed by atoms with E-state index in [9.17, 15) is 27.6 Å². The molecule has 0 aliphatic heterocycles. The number of halogens is 1. The number of benzene rings is 8. The second-order valence-electron chi connectivity index (χ2n) is 14.8. The van der Waals surface area contributed by atoms with E-state index in [-0.39, 0.29) is 35.0 Å². The highest BCUT2D eigenvalue weighted by molar-refractivity contribution is 7.90. The summed E-state index contributed by atoms with van der Waals surface area (Å²) in [4.78, 5) is 47.9. The molecule has 3 amide bonds. The van der Waals surface area contributed by atoms with Crippen LogP contribution >= 0.6 is 11.6 Å². The smallest absolute Gasteiger partial charge is 0.266 e. The molecule has 0 spiro atoms. The molecule has 0 unspecified atom stereocenters. The fourth-order valence-corrected chi connectivity index (χ4v) is 7.50. The molecular weight excluding hydrogens is 910 g/mol. The summed E-state index contributed by atoms with van der Waals surface area (Å²) in [5, 5.41) is 5.15. The first-order valence-corrected chi connectivity index (χ1v) is 23.0. The standard InChI is InChI=1S/C27H22N2O5S.C21H19NO2.C7H5ClO.CH4/c30-26(22-14-9-15-23(18-22)34-19-20-10-3-1-4-11-20)28-24-16-7-8-17-25(24)35(32,33)29-27(31)21-12-5-2-6-13-21;1-16-8-5-6-13-20(16)22-21(23)18-11-7-12-19(14-18)24-15-17-9-3-2-4-10-17;8-7(9)6-4-2-1-3-5-6;/h1-18H,19H2,(H,28,30)(H,29,31);2-14H,15H2,1H3,(H,22,23);1-5H;1H4. The van der Waals surface area contributed by atoms with Crippen LogP contribution in [0.3, 0.4) is 0 Å². The Morgan fingerprint density at radius 3 is 1.30 bits per heavy atom. The number of anilines is 2. The predicted molar refractivity (Wildman–Crippen MR) is 272 cm³/mol. The number of hydrogen-bond acceptors (Lipinski definition) is 8. The fourth-order valence-electron chi connectivity index (χ4n) is 6.24. The molecule has 0 saturated carbocycles. The summed E-state index contributed by atoms with van der Waals surface area (Å²) in [5.74, 6) is -0.259. The van der Waals surface area contributed by atoms with Gasteiger partial charge in [-0.05, 0) is 102 Å². The summed E-state index contributed by atoms with van der Waals surface area (Å²) in [6, 6.07) is 63.7. The van der Waals surface area contributed by atoms with Gasteiger partial charge in [0.1, 0.15) is 29.6 Å². The lowest BCUT2D eigenvalue weighted by Crippen LogP contribution is -2.31. The number of para-hydroxylation sites is 2. The van der Waals surface area contributed by atoms with Gasteiger partial charge in [-0.2, -0.15) is 0 Å². The molecule has 8 aromatic rings. The third kappa shape index (κ3) is 16.2. The van der Waals surface area contributed by atoms with E-state index in [0.717, 1.165) is 22.4 Å². The molecule has 0 aliphatic carbocycles. The van der Waals surface area contributed by atoms with Crippen molar-refractivity contribution in [2.24, 2.45) is 0 Å². The summed E-state index contributed by atoms with van der Waals surface area (Å²) >= 11 is 5.16. The van der Waals surface area contributed by atoms with Crippen LogP contribution < -0.4 is 24.8 Å². The number of sulfonamides is 1. The van der Waals surface area contributed by atoms with Crippen LogP contribution in [0.5, 0.6) is 11.5 Å². The fraction of sp³-hybridized carbons (Fsp3) is 0.0714. The number of ether oxygens (including phenoxy) is 2. The number of carbonyl (C=O) groups is 4. The van der Waals surface area contributed by atoms with Crippen molar-refractivity contribution in [1.29, 1.82) is 0 Å². The van der Waals surface area contributed by atoms with E-state index in [1.54, 1.807) is 84.9 Å². The summed E-state index contributed by atoms with van der Waals surface area (Å²) in [6.45, 7) is 2.78. The Balaban J connectivity index is 0.000000225. The normalized spacial score (nSPS) is 10.2. The molecule has 0 fully saturated rings. The molecule has 0 atom stereocenters. The van der Waals surface area contributed by atoms with Gasteiger partial charge in [-0.3, -0.25) is 19.2 Å². The van der Waals surface area contributed by atoms with Gasteiger partial charge in [-0.25, -0.2) is 13.1 Å². The first-order valence-electron chi connectivity index (χ1n) is 21.1. The molecule has 13 heteroatoms. The molecule has 69 heavy (non-hydrogen) atoms. The molecule has 8 aromatic carbocycles. The van der Waals surface area contributed by atoms with Crippen LogP contribution in [0.15, 0.2) is 223 Å². The molecule has 0 saturated heterocycles. The highest BCUT2D eigenvalue weighted by Gasteiger charge is 2.23. The maximum absolute atomic E-state index is 12.9. The van der Waals surface area contributed by atoms with Crippen molar-refractivity contribution < 1.29 is 37.1 Å². The lowest BCUT2D eigenvalue weighted by atomic mass is 10.1. The van der Waals surface area contributed by atoms with Crippen molar-refractivity contribution in [3.63, 3.8) is 0 Å². The van der Waals surface area contributed by atoms with Gasteiger partial charge in [0.05, 0.1) is 5.69 Å². The molecule has 0 aromatic heterocycles. The van der Waals surface area contributed by atoms with E-state index in [1.807, 2.05) is 115 Å². The number of aryl methyl sites for hydroxylation is 1. The minimum Gasteiger partial charge on any atom is -0.489 e. The molecule has 11 nitrogen and oxygen atoms in total. The van der Waals surface area contributed by atoms with Gasteiger partial charge in [0.15, 0.2) is 0 Å². The minimum absolute atomic E-state index is 0. The summed E-state index contributed by atoms with van der Waals surface area (Å²) < 4.78 is 39.4. The van der Waals surface area contributed by atoms with Crippen LogP contribution in [0.4, 0.5) is 11.4 Å². The van der Waals surface area contributed by atoms with Crippen molar-refractivity contribution in [2.45, 2.75) is 32.5 Å². The van der Waals surface area contributed by atoms with Gasteiger partial charge in [-0.1, -0.05) is 159 Å². The second-order valence-corrected chi connectivity index (χ2v) is 16.8. The zero-order chi connectivity index (χ0) is 48.1. The predicted octanol–water partition coefficient (Wildman–Crippen LogP) is 12.2. The molecular formula is C56H50ClN3O8S. The van der Waals surface area contributed by atoms with E-state index >= 15 is 0 Å². The monoisotopic (exact) mass is 959 g/mol. The van der Waals surface area contributed by atoms with E-state index in [4.69, 9.17) is 21.1 Å². The van der Waals surface area contributed by atoms with E-state index in [2.05, 4.69) is 10.6 Å². The highest BCUT2D eigenvalue weighted by atomic mass is 35.5. The van der Waals surface area contributed by atoms with Gasteiger partial charge in [-0.15, -0.1) is 0 Å². The average Bonchev–Trinajstić information content (AvgIpc) is 3.37. The van der Waals surface area contributed by atoms with Crippen LogP contribution in [-0.2, 0) is 23.2 Å². The maximum Gasteiger partial charge on any atom is 0.266 e. The topological polar surface area (TPSA) is 157 Å². The molecule has 350 valence electrons. The lowest BCUT2D eigenvalue weighted by Gasteiger charge is -2.13. The van der Waals surface area contributed by atoms with Gasteiger partial charge in [0, 0.05) is 27.9 Å². The third-order valence-corrected chi connectivity index (χ3v) is 11.4. The van der Waals surface area contributed by atoms with Crippen molar-refractivity contribution in [1.82, 2.24) is 4.72 Å². The highest BCUT2D eigenvalue weighted by Crippen LogP contribution is 2.24. The summed E-state index contributed by atoms with van der Waals surface area (Å²) in [7, 11) is -4.25. The number of nitrogens with one attached hydrogen (secondary N) is 3. The SMILES string of the molecule is C.Cc1ccccc1NC(=O)c1cccc(OCc2ccccc2)c1.O=C(Cl)c1ccccc1.O=C(Nc1ccccc1S(=O)(=O)NC(=O)c1ccccc1)c1cccc(OCc2ccccc2)c1. The van der Waals surface area contributed by atoms with Gasteiger partial charge in [0.25, 0.3) is 33.0 Å². The molecule has 0 aliphatic rings. The van der Waals surface area contributed by atoms with Crippen molar-refractivity contribution in [2.75, 3.05) is 10.6 Å². The van der Waals surface area contributed by atoms with Gasteiger partial charge >= 0.3 is 0 Å². The van der Waals surface area contributed by atoms with Gasteiger partial charge in [0.2, 0.25) is 0 Å². The number of carbonyl (C=O) groups excluding carboxylic acids is 4. The van der Waals surface area contributed by atoms with Crippen LogP contribution in [0, 0.1) is 6.92 Å². The molecule has 3 N–H and O–H groups in total. The van der Waals surface area contributed by atoms with Crippen LogP contribution in [0.2, 0.25) is 0 Å². The Hall–Kier alpha value is -8.32. The average molecular weight is 961 g/mol. The largest absolute Gasteiger partial charge is 0.489 e. The van der Waals surface area contributed by atoms with Crippen LogP contribution in [0.1, 0.15) is 65.5 Å². The Bertz CT molecular complexity index is 3050. The first kappa shape index (κ1) is 51.7. The van der Waals surface area contributed by atoms with E-state index in [1.165, 1.54) is 30.3 Å². The quantitative estimate of drug-likeness (QED) is 0.0909. The van der Waals surface area contributed by atoms with Gasteiger partial charge < -0.3 is 20.1 Å². The number of rotatable bonds is 14. The molecule has 0 bridgehead atoms.